The molecule has 0 bridgehead atoms. The topological polar surface area (TPSA) is 24.1 Å². The molecule has 1 aliphatic carbocycles. The highest BCUT2D eigenvalue weighted by Crippen LogP contribution is 2.29. The fraction of sp³-hybridized carbons (Fsp3) is 1.00. The van der Waals surface area contributed by atoms with Crippen molar-refractivity contribution >= 4 is 0 Å². The maximum Gasteiger partial charge on any atom is 0.0690 e. The highest BCUT2D eigenvalue weighted by molar-refractivity contribution is 4.97. The van der Waals surface area contributed by atoms with Crippen LogP contribution in [0.15, 0.2) is 0 Å². The molecule has 2 aliphatic rings. The van der Waals surface area contributed by atoms with Crippen LogP contribution in [0.1, 0.15) is 32.6 Å². The molecule has 1 saturated carbocycles. The van der Waals surface area contributed by atoms with Crippen LogP contribution in [0, 0.1) is 0 Å². The molecule has 0 aromatic heterocycles. The summed E-state index contributed by atoms with van der Waals surface area (Å²) in [6, 6.07) is 0.679. The minimum atomic E-state index is 0.361. The maximum absolute atomic E-state index is 3.62. The molecule has 10 heavy (non-hydrogen) atoms. The SMILES string of the molecule is CC1CNC2(CCCC2)N1. The second kappa shape index (κ2) is 2.21. The minimum absolute atomic E-state index is 0.361. The second-order valence-corrected chi connectivity index (χ2v) is 3.72. The smallest absolute Gasteiger partial charge is 0.0690 e. The summed E-state index contributed by atoms with van der Waals surface area (Å²) < 4.78 is 0. The Morgan fingerprint density at radius 2 is 2.00 bits per heavy atom. The lowest BCUT2D eigenvalue weighted by Crippen LogP contribution is -2.47. The van der Waals surface area contributed by atoms with Crippen molar-refractivity contribution < 1.29 is 0 Å². The average Bonchev–Trinajstić information content (AvgIpc) is 2.46. The van der Waals surface area contributed by atoms with E-state index in [0.29, 0.717) is 11.7 Å². The van der Waals surface area contributed by atoms with E-state index >= 15 is 0 Å². The summed E-state index contributed by atoms with van der Waals surface area (Å²) >= 11 is 0. The fourth-order valence-electron chi connectivity index (χ4n) is 2.22. The lowest BCUT2D eigenvalue weighted by Gasteiger charge is -2.23. The molecule has 1 spiro atoms. The van der Waals surface area contributed by atoms with E-state index in [9.17, 15) is 0 Å². The summed E-state index contributed by atoms with van der Waals surface area (Å²) in [6.45, 7) is 3.40. The van der Waals surface area contributed by atoms with Gasteiger partial charge in [0.05, 0.1) is 5.66 Å². The van der Waals surface area contributed by atoms with E-state index < -0.39 is 0 Å². The van der Waals surface area contributed by atoms with Gasteiger partial charge in [0, 0.05) is 12.6 Å². The monoisotopic (exact) mass is 140 g/mol. The van der Waals surface area contributed by atoms with Gasteiger partial charge in [-0.15, -0.1) is 0 Å². The molecule has 2 rings (SSSR count). The molecule has 2 heteroatoms. The molecule has 0 amide bonds. The maximum atomic E-state index is 3.62. The Morgan fingerprint density at radius 3 is 2.50 bits per heavy atom. The van der Waals surface area contributed by atoms with Gasteiger partial charge in [-0.1, -0.05) is 12.8 Å². The van der Waals surface area contributed by atoms with Gasteiger partial charge in [-0.3, -0.25) is 10.6 Å². The molecule has 0 aromatic rings. The largest absolute Gasteiger partial charge is 0.298 e. The predicted molar refractivity (Wildman–Crippen MR) is 41.8 cm³/mol. The summed E-state index contributed by atoms with van der Waals surface area (Å²) in [4.78, 5) is 0. The van der Waals surface area contributed by atoms with Crippen molar-refractivity contribution in [1.82, 2.24) is 10.6 Å². The predicted octanol–water partition coefficient (Wildman–Crippen LogP) is 0.838. The van der Waals surface area contributed by atoms with Crippen LogP contribution in [-0.4, -0.2) is 18.2 Å². The molecule has 2 N–H and O–H groups in total. The summed E-state index contributed by atoms with van der Waals surface area (Å²) in [5, 5.41) is 7.19. The van der Waals surface area contributed by atoms with Crippen molar-refractivity contribution in [3.8, 4) is 0 Å². The highest BCUT2D eigenvalue weighted by atomic mass is 15.3. The van der Waals surface area contributed by atoms with Gasteiger partial charge < -0.3 is 0 Å². The molecule has 1 unspecified atom stereocenters. The Bertz CT molecular complexity index is 127. The van der Waals surface area contributed by atoms with Crippen molar-refractivity contribution in [1.29, 1.82) is 0 Å². The second-order valence-electron chi connectivity index (χ2n) is 3.72. The molecular formula is C8H16N2. The minimum Gasteiger partial charge on any atom is -0.298 e. The van der Waals surface area contributed by atoms with E-state index in [-0.39, 0.29) is 0 Å². The molecule has 2 nitrogen and oxygen atoms in total. The summed E-state index contributed by atoms with van der Waals surface area (Å²) in [7, 11) is 0. The zero-order valence-corrected chi connectivity index (χ0v) is 6.61. The zero-order chi connectivity index (χ0) is 7.03. The van der Waals surface area contributed by atoms with Crippen LogP contribution in [0.2, 0.25) is 0 Å². The third-order valence-corrected chi connectivity index (χ3v) is 2.73. The van der Waals surface area contributed by atoms with E-state index in [2.05, 4.69) is 17.6 Å². The molecular weight excluding hydrogens is 124 g/mol. The molecule has 1 heterocycles. The molecule has 1 saturated heterocycles. The number of nitrogens with one attached hydrogen (secondary N) is 2. The average molecular weight is 140 g/mol. The number of hydrogen-bond donors (Lipinski definition) is 2. The Balaban J connectivity index is 2.03. The third kappa shape index (κ3) is 0.956. The van der Waals surface area contributed by atoms with Crippen molar-refractivity contribution in [3.63, 3.8) is 0 Å². The quantitative estimate of drug-likeness (QED) is 0.521. The Kier molecular flexibility index (Phi) is 1.46. The van der Waals surface area contributed by atoms with Crippen molar-refractivity contribution in [2.24, 2.45) is 0 Å². The number of rotatable bonds is 0. The van der Waals surface area contributed by atoms with E-state index in [1.165, 1.54) is 25.7 Å². The van der Waals surface area contributed by atoms with Crippen LogP contribution < -0.4 is 10.6 Å². The van der Waals surface area contributed by atoms with Crippen molar-refractivity contribution in [2.45, 2.75) is 44.3 Å². The van der Waals surface area contributed by atoms with Crippen LogP contribution in [-0.2, 0) is 0 Å². The van der Waals surface area contributed by atoms with Gasteiger partial charge in [-0.2, -0.15) is 0 Å². The first-order valence-corrected chi connectivity index (χ1v) is 4.33. The first kappa shape index (κ1) is 6.62. The van der Waals surface area contributed by atoms with Gasteiger partial charge in [0.25, 0.3) is 0 Å². The molecule has 1 aliphatic heterocycles. The van der Waals surface area contributed by atoms with E-state index in [1.54, 1.807) is 0 Å². The Morgan fingerprint density at radius 1 is 1.30 bits per heavy atom. The summed E-state index contributed by atoms with van der Waals surface area (Å²) in [5.41, 5.74) is 0.361. The van der Waals surface area contributed by atoms with Crippen molar-refractivity contribution in [3.05, 3.63) is 0 Å². The van der Waals surface area contributed by atoms with Gasteiger partial charge in [-0.25, -0.2) is 0 Å². The molecule has 1 atom stereocenters. The molecule has 58 valence electrons. The van der Waals surface area contributed by atoms with Gasteiger partial charge in [0.1, 0.15) is 0 Å². The van der Waals surface area contributed by atoms with Gasteiger partial charge in [0.15, 0.2) is 0 Å². The lowest BCUT2D eigenvalue weighted by atomic mass is 10.1. The van der Waals surface area contributed by atoms with Gasteiger partial charge in [0.2, 0.25) is 0 Å². The molecule has 0 radical (unpaired) electrons. The molecule has 0 aromatic carbocycles. The van der Waals surface area contributed by atoms with Crippen LogP contribution in [0.5, 0.6) is 0 Å². The molecule has 2 fully saturated rings. The zero-order valence-electron chi connectivity index (χ0n) is 6.61. The first-order valence-electron chi connectivity index (χ1n) is 4.33. The van der Waals surface area contributed by atoms with Crippen LogP contribution in [0.3, 0.4) is 0 Å². The number of hydrogen-bond acceptors (Lipinski definition) is 2. The first-order chi connectivity index (χ1) is 4.81. The van der Waals surface area contributed by atoms with E-state index in [1.807, 2.05) is 0 Å². The summed E-state index contributed by atoms with van der Waals surface area (Å²) in [6.07, 6.45) is 5.45. The van der Waals surface area contributed by atoms with Gasteiger partial charge in [-0.05, 0) is 19.8 Å². The van der Waals surface area contributed by atoms with Gasteiger partial charge >= 0.3 is 0 Å². The third-order valence-electron chi connectivity index (χ3n) is 2.73. The highest BCUT2D eigenvalue weighted by Gasteiger charge is 2.38. The Labute approximate surface area is 62.4 Å². The summed E-state index contributed by atoms with van der Waals surface area (Å²) in [5.74, 6) is 0. The van der Waals surface area contributed by atoms with Crippen molar-refractivity contribution in [2.75, 3.05) is 6.54 Å². The van der Waals surface area contributed by atoms with Crippen LogP contribution >= 0.6 is 0 Å². The van der Waals surface area contributed by atoms with E-state index in [0.717, 1.165) is 6.54 Å². The Hall–Kier alpha value is -0.0800. The lowest BCUT2D eigenvalue weighted by molar-refractivity contribution is 0.335. The van der Waals surface area contributed by atoms with Crippen LogP contribution in [0.4, 0.5) is 0 Å². The standard InChI is InChI=1S/C8H16N2/c1-7-6-9-8(10-7)4-2-3-5-8/h7,9-10H,2-6H2,1H3. The fourth-order valence-corrected chi connectivity index (χ4v) is 2.22. The van der Waals surface area contributed by atoms with Crippen LogP contribution in [0.25, 0.3) is 0 Å². The van der Waals surface area contributed by atoms with E-state index in [4.69, 9.17) is 0 Å². The normalized spacial score (nSPS) is 37.5.